The number of fused-ring (bicyclic) bond motifs is 3. The minimum absolute atomic E-state index is 0.00293. The fourth-order valence-electron chi connectivity index (χ4n) is 3.94. The van der Waals surface area contributed by atoms with Crippen LogP contribution in [0.3, 0.4) is 0 Å². The van der Waals surface area contributed by atoms with Gasteiger partial charge < -0.3 is 14.6 Å². The summed E-state index contributed by atoms with van der Waals surface area (Å²) in [6.45, 7) is 10.1. The van der Waals surface area contributed by atoms with Crippen LogP contribution in [0, 0.1) is 0 Å². The maximum Gasteiger partial charge on any atom is 0.334 e. The third-order valence-corrected chi connectivity index (χ3v) is 5.80. The Bertz CT molecular complexity index is 615. The van der Waals surface area contributed by atoms with E-state index in [1.165, 1.54) is 0 Å². The Labute approximate surface area is 144 Å². The maximum atomic E-state index is 11.9. The first-order valence-electron chi connectivity index (χ1n) is 8.91. The van der Waals surface area contributed by atoms with Crippen LogP contribution in [-0.4, -0.2) is 35.0 Å². The number of ether oxygens (including phenoxy) is 2. The fraction of sp³-hybridized carbons (Fsp3) is 0.650. The SMILES string of the molecule is C=C1CCC2=C(C)C(=O)O[C@H]2/C=C(\C)CC[C@@H](O)[C@]2(C)CC[C@@H]1O2. The Morgan fingerprint density at radius 2 is 2.00 bits per heavy atom. The molecule has 0 spiro atoms. The van der Waals surface area contributed by atoms with Crippen molar-refractivity contribution in [3.63, 3.8) is 0 Å². The van der Waals surface area contributed by atoms with Crippen molar-refractivity contribution < 1.29 is 19.4 Å². The van der Waals surface area contributed by atoms with E-state index in [0.29, 0.717) is 6.42 Å². The molecule has 3 rings (SSSR count). The second-order valence-electron chi connectivity index (χ2n) is 7.66. The Morgan fingerprint density at radius 3 is 2.75 bits per heavy atom. The first kappa shape index (κ1) is 17.4. The van der Waals surface area contributed by atoms with Crippen LogP contribution in [0.5, 0.6) is 0 Å². The molecule has 0 saturated carbocycles. The monoisotopic (exact) mass is 332 g/mol. The molecule has 1 saturated heterocycles. The molecule has 0 aromatic carbocycles. The largest absolute Gasteiger partial charge is 0.450 e. The standard InChI is InChI=1S/C20H28O4/c1-12-5-8-18(21)20(4)10-9-16(24-20)13(2)6-7-15-14(3)19(22)23-17(15)11-12/h11,16-18,21H,2,5-10H2,1,3-4H3/b12-11+/t16-,17-,18+,20-/m0/s1. The summed E-state index contributed by atoms with van der Waals surface area (Å²) in [5.74, 6) is -0.221. The lowest BCUT2D eigenvalue weighted by Gasteiger charge is -2.31. The van der Waals surface area contributed by atoms with Crippen molar-refractivity contribution in [1.82, 2.24) is 0 Å². The summed E-state index contributed by atoms with van der Waals surface area (Å²) in [7, 11) is 0. The van der Waals surface area contributed by atoms with Crippen LogP contribution in [0.2, 0.25) is 0 Å². The van der Waals surface area contributed by atoms with E-state index in [-0.39, 0.29) is 18.2 Å². The van der Waals surface area contributed by atoms with Gasteiger partial charge in [-0.2, -0.15) is 0 Å². The van der Waals surface area contributed by atoms with Gasteiger partial charge in [-0.05, 0) is 76.5 Å². The molecule has 0 radical (unpaired) electrons. The maximum absolute atomic E-state index is 11.9. The van der Waals surface area contributed by atoms with Crippen LogP contribution in [0.15, 0.2) is 34.9 Å². The van der Waals surface area contributed by atoms with Gasteiger partial charge in [0.2, 0.25) is 0 Å². The molecule has 24 heavy (non-hydrogen) atoms. The van der Waals surface area contributed by atoms with E-state index >= 15 is 0 Å². The lowest BCUT2D eigenvalue weighted by atomic mass is 9.89. The highest BCUT2D eigenvalue weighted by molar-refractivity contribution is 5.92. The number of aliphatic hydroxyl groups excluding tert-OH is 1. The van der Waals surface area contributed by atoms with Crippen LogP contribution in [0.1, 0.15) is 59.3 Å². The van der Waals surface area contributed by atoms with Crippen molar-refractivity contribution in [2.45, 2.75) is 83.2 Å². The molecule has 3 aliphatic heterocycles. The first-order chi connectivity index (χ1) is 11.3. The Balaban J connectivity index is 1.88. The van der Waals surface area contributed by atoms with E-state index in [2.05, 4.69) is 6.58 Å². The van der Waals surface area contributed by atoms with Crippen molar-refractivity contribution in [1.29, 1.82) is 0 Å². The molecule has 2 bridgehead atoms. The number of carbonyl (C=O) groups is 1. The summed E-state index contributed by atoms with van der Waals surface area (Å²) in [5.41, 5.74) is 3.48. The van der Waals surface area contributed by atoms with E-state index in [1.807, 2.05) is 26.8 Å². The molecule has 0 aromatic heterocycles. The summed E-state index contributed by atoms with van der Waals surface area (Å²) < 4.78 is 11.7. The van der Waals surface area contributed by atoms with Crippen molar-refractivity contribution in [3.8, 4) is 0 Å². The number of esters is 1. The Kier molecular flexibility index (Phi) is 4.71. The number of aliphatic hydroxyl groups is 1. The molecule has 4 atom stereocenters. The van der Waals surface area contributed by atoms with Gasteiger partial charge in [0.1, 0.15) is 6.10 Å². The van der Waals surface area contributed by atoms with Crippen molar-refractivity contribution in [3.05, 3.63) is 34.9 Å². The molecule has 0 aliphatic carbocycles. The molecule has 0 amide bonds. The highest BCUT2D eigenvalue weighted by Crippen LogP contribution is 2.39. The smallest absolute Gasteiger partial charge is 0.334 e. The van der Waals surface area contributed by atoms with E-state index in [0.717, 1.165) is 54.4 Å². The van der Waals surface area contributed by atoms with Gasteiger partial charge in [0.25, 0.3) is 0 Å². The molecule has 132 valence electrons. The fourth-order valence-corrected chi connectivity index (χ4v) is 3.94. The molecule has 1 N–H and O–H groups in total. The van der Waals surface area contributed by atoms with Crippen molar-refractivity contribution in [2.24, 2.45) is 0 Å². The van der Waals surface area contributed by atoms with Crippen LogP contribution in [-0.2, 0) is 14.3 Å². The Morgan fingerprint density at radius 1 is 1.25 bits per heavy atom. The van der Waals surface area contributed by atoms with Crippen molar-refractivity contribution >= 4 is 5.97 Å². The summed E-state index contributed by atoms with van der Waals surface area (Å²) in [4.78, 5) is 11.9. The molecule has 0 unspecified atom stereocenters. The molecule has 4 nitrogen and oxygen atoms in total. The average molecular weight is 332 g/mol. The number of hydrogen-bond donors (Lipinski definition) is 1. The zero-order chi connectivity index (χ0) is 17.5. The predicted molar refractivity (Wildman–Crippen MR) is 92.5 cm³/mol. The average Bonchev–Trinajstić information content (AvgIpc) is 3.05. The van der Waals surface area contributed by atoms with Gasteiger partial charge in [-0.15, -0.1) is 0 Å². The summed E-state index contributed by atoms with van der Waals surface area (Å²) in [5, 5.41) is 10.6. The van der Waals surface area contributed by atoms with Gasteiger partial charge in [0.05, 0.1) is 17.8 Å². The Hall–Kier alpha value is -1.39. The van der Waals surface area contributed by atoms with Gasteiger partial charge in [-0.25, -0.2) is 4.79 Å². The van der Waals surface area contributed by atoms with Crippen molar-refractivity contribution in [2.75, 3.05) is 0 Å². The van der Waals surface area contributed by atoms with E-state index < -0.39 is 11.7 Å². The minimum Gasteiger partial charge on any atom is -0.450 e. The highest BCUT2D eigenvalue weighted by atomic mass is 16.5. The second kappa shape index (κ2) is 6.49. The molecule has 0 aromatic rings. The van der Waals surface area contributed by atoms with Gasteiger partial charge in [0.15, 0.2) is 0 Å². The highest BCUT2D eigenvalue weighted by Gasteiger charge is 2.42. The quantitative estimate of drug-likeness (QED) is 0.544. The molecular formula is C20H28O4. The molecule has 3 aliphatic rings. The number of hydrogen-bond acceptors (Lipinski definition) is 4. The summed E-state index contributed by atoms with van der Waals surface area (Å²) in [6, 6.07) is 0. The van der Waals surface area contributed by atoms with E-state index in [9.17, 15) is 9.90 Å². The third-order valence-electron chi connectivity index (χ3n) is 5.80. The van der Waals surface area contributed by atoms with Gasteiger partial charge in [0, 0.05) is 5.57 Å². The normalized spacial score (nSPS) is 40.2. The topological polar surface area (TPSA) is 55.8 Å². The van der Waals surface area contributed by atoms with E-state index in [1.54, 1.807) is 0 Å². The van der Waals surface area contributed by atoms with Crippen LogP contribution in [0.4, 0.5) is 0 Å². The zero-order valence-corrected chi connectivity index (χ0v) is 14.9. The molecule has 3 heterocycles. The lowest BCUT2D eigenvalue weighted by Crippen LogP contribution is -2.39. The molecule has 1 fully saturated rings. The van der Waals surface area contributed by atoms with Gasteiger partial charge in [-0.1, -0.05) is 12.2 Å². The minimum atomic E-state index is -0.498. The van der Waals surface area contributed by atoms with Crippen LogP contribution < -0.4 is 0 Å². The lowest BCUT2D eigenvalue weighted by molar-refractivity contribution is -0.138. The number of allylic oxidation sites excluding steroid dienone is 1. The van der Waals surface area contributed by atoms with Gasteiger partial charge >= 0.3 is 5.97 Å². The van der Waals surface area contributed by atoms with Crippen LogP contribution >= 0.6 is 0 Å². The summed E-state index contributed by atoms with van der Waals surface area (Å²) >= 11 is 0. The zero-order valence-electron chi connectivity index (χ0n) is 14.9. The third kappa shape index (κ3) is 3.22. The summed E-state index contributed by atoms with van der Waals surface area (Å²) in [6.07, 6.45) is 5.98. The molecular weight excluding hydrogens is 304 g/mol. The number of rotatable bonds is 0. The first-order valence-corrected chi connectivity index (χ1v) is 8.91. The number of carbonyl (C=O) groups excluding carboxylic acids is 1. The second-order valence-corrected chi connectivity index (χ2v) is 7.66. The van der Waals surface area contributed by atoms with Gasteiger partial charge in [-0.3, -0.25) is 0 Å². The van der Waals surface area contributed by atoms with Crippen LogP contribution in [0.25, 0.3) is 0 Å². The predicted octanol–water partition coefficient (Wildman–Crippen LogP) is 3.60. The van der Waals surface area contributed by atoms with E-state index in [4.69, 9.17) is 9.47 Å². The molecule has 4 heteroatoms.